The second-order valence-electron chi connectivity index (χ2n) is 5.70. The topological polar surface area (TPSA) is 38.5 Å². The van der Waals surface area contributed by atoms with Crippen LogP contribution >= 0.6 is 15.9 Å². The third-order valence-corrected chi connectivity index (χ3v) is 4.58. The second kappa shape index (κ2) is 7.43. The van der Waals surface area contributed by atoms with Crippen molar-refractivity contribution in [1.29, 1.82) is 0 Å². The summed E-state index contributed by atoms with van der Waals surface area (Å²) in [5, 5.41) is 0. The number of benzene rings is 1. The standard InChI is InChI=1S/C16H25BrN2O/c1-3-15(18)8-13-4-5-14(17)9-16(13)19-7-6-12(10-19)11-20-2/h4-5,9,12,15H,3,6-8,10-11,18H2,1-2H3. The van der Waals surface area contributed by atoms with Crippen molar-refractivity contribution in [3.8, 4) is 0 Å². The van der Waals surface area contributed by atoms with Crippen LogP contribution in [-0.2, 0) is 11.2 Å². The van der Waals surface area contributed by atoms with Gasteiger partial charge in [-0.25, -0.2) is 0 Å². The van der Waals surface area contributed by atoms with Crippen LogP contribution in [0.5, 0.6) is 0 Å². The Labute approximate surface area is 130 Å². The van der Waals surface area contributed by atoms with Crippen LogP contribution in [0.15, 0.2) is 22.7 Å². The maximum absolute atomic E-state index is 6.14. The number of halogens is 1. The van der Waals surface area contributed by atoms with E-state index in [-0.39, 0.29) is 6.04 Å². The van der Waals surface area contributed by atoms with Crippen LogP contribution in [0.1, 0.15) is 25.3 Å². The fourth-order valence-corrected chi connectivity index (χ4v) is 3.20. The Balaban J connectivity index is 2.15. The Bertz CT molecular complexity index is 438. The Morgan fingerprint density at radius 1 is 1.50 bits per heavy atom. The van der Waals surface area contributed by atoms with E-state index in [1.54, 1.807) is 7.11 Å². The van der Waals surface area contributed by atoms with Crippen molar-refractivity contribution < 1.29 is 4.74 Å². The summed E-state index contributed by atoms with van der Waals surface area (Å²) in [6, 6.07) is 6.79. The van der Waals surface area contributed by atoms with Gasteiger partial charge in [-0.15, -0.1) is 0 Å². The molecule has 0 spiro atoms. The number of nitrogens with two attached hydrogens (primary N) is 1. The van der Waals surface area contributed by atoms with E-state index in [0.29, 0.717) is 5.92 Å². The molecule has 0 aliphatic carbocycles. The largest absolute Gasteiger partial charge is 0.384 e. The number of ether oxygens (including phenoxy) is 1. The molecule has 1 fully saturated rings. The van der Waals surface area contributed by atoms with Crippen LogP contribution in [-0.4, -0.2) is 32.8 Å². The van der Waals surface area contributed by atoms with E-state index in [1.807, 2.05) is 0 Å². The summed E-state index contributed by atoms with van der Waals surface area (Å²) in [4.78, 5) is 2.48. The van der Waals surface area contributed by atoms with E-state index < -0.39 is 0 Å². The molecule has 2 rings (SSSR count). The predicted octanol–water partition coefficient (Wildman–Crippen LogP) is 3.20. The first-order chi connectivity index (χ1) is 9.63. The van der Waals surface area contributed by atoms with Gasteiger partial charge >= 0.3 is 0 Å². The van der Waals surface area contributed by atoms with Gasteiger partial charge in [-0.2, -0.15) is 0 Å². The molecule has 0 amide bonds. The van der Waals surface area contributed by atoms with E-state index in [2.05, 4.69) is 46.0 Å². The van der Waals surface area contributed by atoms with Crippen LogP contribution in [0.25, 0.3) is 0 Å². The molecule has 3 nitrogen and oxygen atoms in total. The Hall–Kier alpha value is -0.580. The summed E-state index contributed by atoms with van der Waals surface area (Å²) in [6.45, 7) is 5.19. The van der Waals surface area contributed by atoms with Gasteiger partial charge in [-0.05, 0) is 37.0 Å². The first-order valence-corrected chi connectivity index (χ1v) is 8.21. The van der Waals surface area contributed by atoms with Crippen molar-refractivity contribution in [2.45, 2.75) is 32.2 Å². The van der Waals surface area contributed by atoms with Crippen LogP contribution in [0.2, 0.25) is 0 Å². The van der Waals surface area contributed by atoms with Crippen molar-refractivity contribution in [2.75, 3.05) is 31.7 Å². The average Bonchev–Trinajstić information content (AvgIpc) is 2.89. The number of hydrogen-bond donors (Lipinski definition) is 1. The van der Waals surface area contributed by atoms with Gasteiger partial charge in [0.1, 0.15) is 0 Å². The van der Waals surface area contributed by atoms with Crippen LogP contribution in [0.3, 0.4) is 0 Å². The van der Waals surface area contributed by atoms with Crippen molar-refractivity contribution in [3.63, 3.8) is 0 Å². The molecule has 1 aliphatic rings. The Kier molecular flexibility index (Phi) is 5.87. The normalized spacial score (nSPS) is 20.4. The second-order valence-corrected chi connectivity index (χ2v) is 6.62. The molecule has 0 aromatic heterocycles. The molecule has 2 unspecified atom stereocenters. The molecule has 112 valence electrons. The third kappa shape index (κ3) is 3.96. The minimum atomic E-state index is 0.243. The lowest BCUT2D eigenvalue weighted by Gasteiger charge is -2.24. The van der Waals surface area contributed by atoms with Crippen molar-refractivity contribution in [3.05, 3.63) is 28.2 Å². The number of rotatable bonds is 6. The summed E-state index contributed by atoms with van der Waals surface area (Å²) >= 11 is 3.59. The van der Waals surface area contributed by atoms with E-state index >= 15 is 0 Å². The molecule has 0 bridgehead atoms. The molecule has 1 saturated heterocycles. The highest BCUT2D eigenvalue weighted by atomic mass is 79.9. The third-order valence-electron chi connectivity index (χ3n) is 4.08. The molecule has 1 aliphatic heterocycles. The summed E-state index contributed by atoms with van der Waals surface area (Å²) < 4.78 is 6.43. The smallest absolute Gasteiger partial charge is 0.0508 e. The van der Waals surface area contributed by atoms with Gasteiger partial charge in [0.05, 0.1) is 6.61 Å². The zero-order valence-electron chi connectivity index (χ0n) is 12.4. The summed E-state index contributed by atoms with van der Waals surface area (Å²) in [5.74, 6) is 0.645. The zero-order chi connectivity index (χ0) is 14.5. The van der Waals surface area contributed by atoms with Crippen LogP contribution in [0.4, 0.5) is 5.69 Å². The fraction of sp³-hybridized carbons (Fsp3) is 0.625. The van der Waals surface area contributed by atoms with E-state index in [4.69, 9.17) is 10.5 Å². The predicted molar refractivity (Wildman–Crippen MR) is 88.3 cm³/mol. The number of anilines is 1. The maximum atomic E-state index is 6.14. The van der Waals surface area contributed by atoms with Gasteiger partial charge in [0.15, 0.2) is 0 Å². The zero-order valence-corrected chi connectivity index (χ0v) is 14.0. The molecule has 20 heavy (non-hydrogen) atoms. The molecule has 1 aromatic rings. The molecule has 0 radical (unpaired) electrons. The van der Waals surface area contributed by atoms with Gasteiger partial charge < -0.3 is 15.4 Å². The van der Waals surface area contributed by atoms with Crippen molar-refractivity contribution in [1.82, 2.24) is 0 Å². The number of nitrogens with zero attached hydrogens (tertiary/aromatic N) is 1. The van der Waals surface area contributed by atoms with Gasteiger partial charge in [-0.3, -0.25) is 0 Å². The lowest BCUT2D eigenvalue weighted by atomic mass is 10.0. The molecule has 0 saturated carbocycles. The van der Waals surface area contributed by atoms with E-state index in [0.717, 1.165) is 37.0 Å². The molecular formula is C16H25BrN2O. The summed E-state index contributed by atoms with van der Waals surface area (Å²) in [5.41, 5.74) is 8.83. The molecular weight excluding hydrogens is 316 g/mol. The van der Waals surface area contributed by atoms with Gasteiger partial charge in [0.25, 0.3) is 0 Å². The van der Waals surface area contributed by atoms with Gasteiger partial charge in [0.2, 0.25) is 0 Å². The average molecular weight is 341 g/mol. The molecule has 4 heteroatoms. The minimum absolute atomic E-state index is 0.243. The maximum Gasteiger partial charge on any atom is 0.0508 e. The monoisotopic (exact) mass is 340 g/mol. The first-order valence-electron chi connectivity index (χ1n) is 7.42. The summed E-state index contributed by atoms with van der Waals surface area (Å²) in [6.07, 6.45) is 3.17. The van der Waals surface area contributed by atoms with Crippen molar-refractivity contribution >= 4 is 21.6 Å². The fourth-order valence-electron chi connectivity index (χ4n) is 2.85. The van der Waals surface area contributed by atoms with Gasteiger partial charge in [-0.1, -0.05) is 28.9 Å². The molecule has 1 heterocycles. The SMILES string of the molecule is CCC(N)Cc1ccc(Br)cc1N1CCC(COC)C1. The molecule has 2 N–H and O–H groups in total. The number of hydrogen-bond acceptors (Lipinski definition) is 3. The quantitative estimate of drug-likeness (QED) is 0.864. The van der Waals surface area contributed by atoms with Crippen LogP contribution in [0, 0.1) is 5.92 Å². The highest BCUT2D eigenvalue weighted by Crippen LogP contribution is 2.30. The van der Waals surface area contributed by atoms with Crippen LogP contribution < -0.4 is 10.6 Å². The number of methoxy groups -OCH3 is 1. The van der Waals surface area contributed by atoms with Crippen molar-refractivity contribution in [2.24, 2.45) is 11.7 Å². The lowest BCUT2D eigenvalue weighted by molar-refractivity contribution is 0.161. The first kappa shape index (κ1) is 15.8. The molecule has 1 aromatic carbocycles. The summed E-state index contributed by atoms with van der Waals surface area (Å²) in [7, 11) is 1.79. The Morgan fingerprint density at radius 3 is 3.00 bits per heavy atom. The van der Waals surface area contributed by atoms with Gasteiger partial charge in [0, 0.05) is 42.3 Å². The lowest BCUT2D eigenvalue weighted by Crippen LogP contribution is -2.26. The Morgan fingerprint density at radius 2 is 2.30 bits per heavy atom. The highest BCUT2D eigenvalue weighted by Gasteiger charge is 2.24. The highest BCUT2D eigenvalue weighted by molar-refractivity contribution is 9.10. The van der Waals surface area contributed by atoms with E-state index in [1.165, 1.54) is 17.7 Å². The van der Waals surface area contributed by atoms with E-state index in [9.17, 15) is 0 Å². The molecule has 2 atom stereocenters. The minimum Gasteiger partial charge on any atom is -0.384 e.